The fourth-order valence-corrected chi connectivity index (χ4v) is 7.08. The molecule has 0 atom stereocenters. The van der Waals surface area contributed by atoms with Crippen molar-refractivity contribution in [1.82, 2.24) is 9.97 Å². The van der Waals surface area contributed by atoms with Crippen LogP contribution in [0.15, 0.2) is 179 Å². The molecule has 4 nitrogen and oxygen atoms in total. The lowest BCUT2D eigenvalue weighted by molar-refractivity contribution is 0.669. The van der Waals surface area contributed by atoms with Crippen LogP contribution in [0.4, 0.5) is 0 Å². The summed E-state index contributed by atoms with van der Waals surface area (Å²) in [6.45, 7) is 0. The van der Waals surface area contributed by atoms with Crippen LogP contribution < -0.4 is 0 Å². The van der Waals surface area contributed by atoms with Crippen LogP contribution in [-0.4, -0.2) is 9.97 Å². The van der Waals surface area contributed by atoms with Crippen LogP contribution in [0.1, 0.15) is 0 Å². The Morgan fingerprint density at radius 3 is 1.68 bits per heavy atom. The summed E-state index contributed by atoms with van der Waals surface area (Å²) >= 11 is 0. The van der Waals surface area contributed by atoms with E-state index >= 15 is 0 Å². The van der Waals surface area contributed by atoms with Gasteiger partial charge in [0.25, 0.3) is 0 Å². The predicted octanol–water partition coefficient (Wildman–Crippen LogP) is 12.6. The normalized spacial score (nSPS) is 11.6. The van der Waals surface area contributed by atoms with Crippen LogP contribution >= 0.6 is 0 Å². The molecule has 0 amide bonds. The number of fused-ring (bicyclic) bond motifs is 6. The van der Waals surface area contributed by atoms with E-state index in [1.165, 1.54) is 5.56 Å². The van der Waals surface area contributed by atoms with Crippen molar-refractivity contribution in [2.75, 3.05) is 0 Å². The average molecular weight is 641 g/mol. The van der Waals surface area contributed by atoms with Crippen molar-refractivity contribution in [2.45, 2.75) is 0 Å². The van der Waals surface area contributed by atoms with Crippen molar-refractivity contribution < 1.29 is 8.83 Å². The second-order valence-corrected chi connectivity index (χ2v) is 12.5. The minimum absolute atomic E-state index is 0.659. The summed E-state index contributed by atoms with van der Waals surface area (Å²) in [7, 11) is 0. The molecule has 0 aliphatic rings. The topological polar surface area (TPSA) is 52.1 Å². The predicted molar refractivity (Wildman–Crippen MR) is 204 cm³/mol. The number of benzene rings is 7. The molecule has 0 saturated carbocycles. The van der Waals surface area contributed by atoms with Crippen LogP contribution in [0.2, 0.25) is 0 Å². The van der Waals surface area contributed by atoms with E-state index in [4.69, 9.17) is 18.8 Å². The molecular formula is C46H28N2O2. The van der Waals surface area contributed by atoms with Gasteiger partial charge in [-0.1, -0.05) is 133 Å². The van der Waals surface area contributed by atoms with Gasteiger partial charge in [0.05, 0.1) is 11.4 Å². The van der Waals surface area contributed by atoms with Gasteiger partial charge in [0.1, 0.15) is 22.3 Å². The number of furan rings is 2. The van der Waals surface area contributed by atoms with Crippen molar-refractivity contribution in [3.63, 3.8) is 0 Å². The zero-order valence-corrected chi connectivity index (χ0v) is 26.9. The minimum Gasteiger partial charge on any atom is -0.456 e. The van der Waals surface area contributed by atoms with Crippen LogP contribution in [0.25, 0.3) is 100 Å². The van der Waals surface area contributed by atoms with E-state index in [-0.39, 0.29) is 0 Å². The maximum absolute atomic E-state index is 6.72. The van der Waals surface area contributed by atoms with Gasteiger partial charge < -0.3 is 8.83 Å². The summed E-state index contributed by atoms with van der Waals surface area (Å²) in [6.07, 6.45) is 0. The van der Waals surface area contributed by atoms with Gasteiger partial charge in [-0.25, -0.2) is 9.97 Å². The summed E-state index contributed by atoms with van der Waals surface area (Å²) in [5.41, 5.74) is 12.4. The van der Waals surface area contributed by atoms with E-state index in [1.54, 1.807) is 0 Å². The standard InChI is InChI=1S/C46H28N2O2/c1-3-11-29(12-4-1)30-19-21-32(22-20-30)46-47-39(31-13-5-2-6-14-31)28-40(48-46)36-25-24-34(44-37-16-8-10-18-42(37)50-45(36)44)33-23-26-43-38(27-33)35-15-7-9-17-41(35)49-43/h1-28H. The Kier molecular flexibility index (Phi) is 6.46. The Labute approximate surface area is 287 Å². The Bertz CT molecular complexity index is 2850. The molecule has 234 valence electrons. The number of hydrogen-bond donors (Lipinski definition) is 0. The zero-order chi connectivity index (χ0) is 33.0. The van der Waals surface area contributed by atoms with Gasteiger partial charge >= 0.3 is 0 Å². The van der Waals surface area contributed by atoms with Gasteiger partial charge in [-0.2, -0.15) is 0 Å². The third-order valence-electron chi connectivity index (χ3n) is 9.54. The molecule has 4 heteroatoms. The molecule has 0 bridgehead atoms. The molecule has 10 rings (SSSR count). The number of rotatable bonds is 5. The van der Waals surface area contributed by atoms with E-state index < -0.39 is 0 Å². The molecular weight excluding hydrogens is 613 g/mol. The fraction of sp³-hybridized carbons (Fsp3) is 0. The molecule has 0 aliphatic carbocycles. The number of para-hydroxylation sites is 2. The highest BCUT2D eigenvalue weighted by Gasteiger charge is 2.20. The Morgan fingerprint density at radius 1 is 0.340 bits per heavy atom. The minimum atomic E-state index is 0.659. The Morgan fingerprint density at radius 2 is 0.900 bits per heavy atom. The van der Waals surface area contributed by atoms with Crippen molar-refractivity contribution in [3.05, 3.63) is 170 Å². The van der Waals surface area contributed by atoms with E-state index in [9.17, 15) is 0 Å². The second kappa shape index (κ2) is 11.4. The highest BCUT2D eigenvalue weighted by Crippen LogP contribution is 2.43. The number of hydrogen-bond acceptors (Lipinski definition) is 4. The largest absolute Gasteiger partial charge is 0.456 e. The SMILES string of the molecule is c1ccc(-c2ccc(-c3nc(-c4ccccc4)cc(-c4ccc(-c5ccc6oc7ccccc7c6c5)c5c4oc4ccccc45)n3)cc2)cc1. The van der Waals surface area contributed by atoms with E-state index in [1.807, 2.05) is 48.5 Å². The lowest BCUT2D eigenvalue weighted by atomic mass is 9.95. The van der Waals surface area contributed by atoms with E-state index in [2.05, 4.69) is 121 Å². The molecule has 0 unspecified atom stereocenters. The molecule has 0 spiro atoms. The van der Waals surface area contributed by atoms with Gasteiger partial charge in [0.2, 0.25) is 0 Å². The second-order valence-electron chi connectivity index (χ2n) is 12.5. The number of aromatic nitrogens is 2. The molecule has 10 aromatic rings. The molecule has 0 aliphatic heterocycles. The van der Waals surface area contributed by atoms with Crippen LogP contribution in [0.5, 0.6) is 0 Å². The van der Waals surface area contributed by atoms with Crippen molar-refractivity contribution in [1.29, 1.82) is 0 Å². The van der Waals surface area contributed by atoms with Gasteiger partial charge in [0, 0.05) is 38.2 Å². The maximum atomic E-state index is 6.72. The first-order chi connectivity index (χ1) is 24.8. The molecule has 0 fully saturated rings. The van der Waals surface area contributed by atoms with Crippen LogP contribution in [0.3, 0.4) is 0 Å². The molecule has 50 heavy (non-hydrogen) atoms. The first kappa shape index (κ1) is 28.3. The van der Waals surface area contributed by atoms with Crippen molar-refractivity contribution in [2.24, 2.45) is 0 Å². The van der Waals surface area contributed by atoms with Gasteiger partial charge in [-0.15, -0.1) is 0 Å². The summed E-state index contributed by atoms with van der Waals surface area (Å²) in [5, 5.41) is 4.31. The zero-order valence-electron chi connectivity index (χ0n) is 26.9. The molecule has 7 aromatic carbocycles. The quantitative estimate of drug-likeness (QED) is 0.188. The summed E-state index contributed by atoms with van der Waals surface area (Å²) < 4.78 is 12.9. The molecule has 0 radical (unpaired) electrons. The van der Waals surface area contributed by atoms with Crippen molar-refractivity contribution >= 4 is 43.9 Å². The third-order valence-corrected chi connectivity index (χ3v) is 9.54. The number of nitrogens with zero attached hydrogens (tertiary/aromatic N) is 2. The molecule has 3 aromatic heterocycles. The van der Waals surface area contributed by atoms with Crippen molar-refractivity contribution in [3.8, 4) is 56.2 Å². The molecule has 0 saturated heterocycles. The fourth-order valence-electron chi connectivity index (χ4n) is 7.08. The Balaban J connectivity index is 1.18. The maximum Gasteiger partial charge on any atom is 0.160 e. The first-order valence-electron chi connectivity index (χ1n) is 16.7. The van der Waals surface area contributed by atoms with Gasteiger partial charge in [-0.3, -0.25) is 0 Å². The van der Waals surface area contributed by atoms with E-state index in [0.717, 1.165) is 88.6 Å². The van der Waals surface area contributed by atoms with Crippen LogP contribution in [0, 0.1) is 0 Å². The Hall–Kier alpha value is -6.78. The highest BCUT2D eigenvalue weighted by atomic mass is 16.3. The first-order valence-corrected chi connectivity index (χ1v) is 16.7. The van der Waals surface area contributed by atoms with Crippen LogP contribution in [-0.2, 0) is 0 Å². The lowest BCUT2D eigenvalue weighted by Gasteiger charge is -2.12. The molecule has 3 heterocycles. The summed E-state index contributed by atoms with van der Waals surface area (Å²) in [4.78, 5) is 10.3. The van der Waals surface area contributed by atoms with Gasteiger partial charge in [0.15, 0.2) is 5.82 Å². The third kappa shape index (κ3) is 4.69. The summed E-state index contributed by atoms with van der Waals surface area (Å²) in [5.74, 6) is 0.659. The molecule has 0 N–H and O–H groups in total. The highest BCUT2D eigenvalue weighted by molar-refractivity contribution is 6.17. The lowest BCUT2D eigenvalue weighted by Crippen LogP contribution is -1.96. The monoisotopic (exact) mass is 640 g/mol. The summed E-state index contributed by atoms with van der Waals surface area (Å²) in [6, 6.07) is 58.4. The van der Waals surface area contributed by atoms with E-state index in [0.29, 0.717) is 5.82 Å². The average Bonchev–Trinajstić information content (AvgIpc) is 3.77. The van der Waals surface area contributed by atoms with Gasteiger partial charge in [-0.05, 0) is 58.7 Å². The smallest absolute Gasteiger partial charge is 0.160 e.